The molecule has 0 aliphatic carbocycles. The highest BCUT2D eigenvalue weighted by molar-refractivity contribution is 7.12. The summed E-state index contributed by atoms with van der Waals surface area (Å²) in [6.45, 7) is 1.95. The van der Waals surface area contributed by atoms with Crippen molar-refractivity contribution < 1.29 is 9.90 Å². The van der Waals surface area contributed by atoms with E-state index in [0.717, 1.165) is 5.56 Å². The third-order valence-corrected chi connectivity index (χ3v) is 3.80. The molecule has 2 rings (SSSR count). The van der Waals surface area contributed by atoms with Crippen molar-refractivity contribution in [1.29, 1.82) is 0 Å². The fraction of sp³-hybridized carbons (Fsp3) is 0.250. The number of nitrogens with zero attached hydrogens (tertiary/aromatic N) is 1. The molecule has 0 bridgehead atoms. The van der Waals surface area contributed by atoms with Crippen LogP contribution >= 0.6 is 11.3 Å². The molecule has 1 unspecified atom stereocenters. The molecule has 108 valence electrons. The van der Waals surface area contributed by atoms with E-state index in [2.05, 4.69) is 22.1 Å². The van der Waals surface area contributed by atoms with Crippen LogP contribution in [0.15, 0.2) is 36.0 Å². The Kier molecular flexibility index (Phi) is 5.50. The fourth-order valence-electron chi connectivity index (χ4n) is 1.79. The van der Waals surface area contributed by atoms with Crippen LogP contribution in [0.5, 0.6) is 0 Å². The summed E-state index contributed by atoms with van der Waals surface area (Å²) in [5, 5.41) is 13.5. The molecule has 0 spiro atoms. The molecule has 2 aromatic heterocycles. The van der Waals surface area contributed by atoms with Crippen LogP contribution in [0.4, 0.5) is 0 Å². The quantitative estimate of drug-likeness (QED) is 0.852. The first-order valence-electron chi connectivity index (χ1n) is 6.60. The molecule has 1 amide bonds. The van der Waals surface area contributed by atoms with Gasteiger partial charge >= 0.3 is 0 Å². The number of thiophene rings is 1. The normalized spacial score (nSPS) is 11.3. The Morgan fingerprint density at radius 1 is 1.43 bits per heavy atom. The minimum absolute atomic E-state index is 0.0255. The molecule has 0 aliphatic heterocycles. The monoisotopic (exact) mass is 300 g/mol. The van der Waals surface area contributed by atoms with Crippen molar-refractivity contribution in [2.75, 3.05) is 6.61 Å². The van der Waals surface area contributed by atoms with Gasteiger partial charge < -0.3 is 10.4 Å². The van der Waals surface area contributed by atoms with Crippen molar-refractivity contribution in [3.63, 3.8) is 0 Å². The average molecular weight is 300 g/mol. The Bertz CT molecular complexity index is 656. The van der Waals surface area contributed by atoms with Crippen LogP contribution in [0.2, 0.25) is 0 Å². The number of hydrogen-bond acceptors (Lipinski definition) is 4. The molecule has 2 N–H and O–H groups in total. The lowest BCUT2D eigenvalue weighted by molar-refractivity contribution is 0.0944. The third kappa shape index (κ3) is 4.15. The lowest BCUT2D eigenvalue weighted by Gasteiger charge is -2.13. The summed E-state index contributed by atoms with van der Waals surface area (Å²) < 4.78 is 0. The molecule has 2 aromatic rings. The number of amides is 1. The van der Waals surface area contributed by atoms with Gasteiger partial charge in [-0.15, -0.1) is 11.3 Å². The second kappa shape index (κ2) is 7.58. The van der Waals surface area contributed by atoms with E-state index in [1.807, 2.05) is 30.5 Å². The lowest BCUT2D eigenvalue weighted by atomic mass is 10.1. The van der Waals surface area contributed by atoms with Gasteiger partial charge in [0.2, 0.25) is 0 Å². The molecule has 0 aliphatic rings. The second-order valence-electron chi connectivity index (χ2n) is 4.41. The first kappa shape index (κ1) is 15.2. The third-order valence-electron chi connectivity index (χ3n) is 2.89. The van der Waals surface area contributed by atoms with E-state index in [-0.39, 0.29) is 18.6 Å². The predicted octanol–water partition coefficient (Wildman–Crippen LogP) is 2.37. The molecule has 5 heteroatoms. The van der Waals surface area contributed by atoms with Crippen molar-refractivity contribution in [1.82, 2.24) is 10.3 Å². The second-order valence-corrected chi connectivity index (χ2v) is 5.33. The zero-order chi connectivity index (χ0) is 15.1. The van der Waals surface area contributed by atoms with Crippen molar-refractivity contribution in [3.8, 4) is 11.8 Å². The summed E-state index contributed by atoms with van der Waals surface area (Å²) in [4.78, 5) is 16.9. The van der Waals surface area contributed by atoms with Crippen molar-refractivity contribution in [3.05, 3.63) is 52.0 Å². The van der Waals surface area contributed by atoms with Gasteiger partial charge in [-0.3, -0.25) is 9.78 Å². The molecule has 0 saturated heterocycles. The number of hydrogen-bond donors (Lipinski definition) is 2. The number of carbonyl (C=O) groups is 1. The van der Waals surface area contributed by atoms with Gasteiger partial charge in [-0.05, 0) is 36.1 Å². The Morgan fingerprint density at radius 2 is 2.19 bits per heavy atom. The lowest BCUT2D eigenvalue weighted by Crippen LogP contribution is -2.26. The van der Waals surface area contributed by atoms with Gasteiger partial charge in [-0.2, -0.15) is 0 Å². The Balaban J connectivity index is 2.08. The molecule has 0 aromatic carbocycles. The Morgan fingerprint density at radius 3 is 2.90 bits per heavy atom. The highest BCUT2D eigenvalue weighted by Crippen LogP contribution is 2.18. The maximum absolute atomic E-state index is 12.3. The number of nitrogens with one attached hydrogen (secondary N) is 1. The molecular weight excluding hydrogens is 284 g/mol. The van der Waals surface area contributed by atoms with Crippen LogP contribution in [0.3, 0.4) is 0 Å². The number of aliphatic hydroxyl groups excluding tert-OH is 1. The van der Waals surface area contributed by atoms with E-state index in [1.54, 1.807) is 12.4 Å². The zero-order valence-electron chi connectivity index (χ0n) is 11.7. The van der Waals surface area contributed by atoms with E-state index in [4.69, 9.17) is 5.11 Å². The molecule has 2 heterocycles. The molecule has 0 saturated carbocycles. The van der Waals surface area contributed by atoms with Gasteiger partial charge in [-0.1, -0.05) is 11.8 Å². The van der Waals surface area contributed by atoms with Crippen molar-refractivity contribution in [2.24, 2.45) is 0 Å². The van der Waals surface area contributed by atoms with Gasteiger partial charge in [0.25, 0.3) is 5.91 Å². The number of aliphatic hydroxyl groups is 1. The zero-order valence-corrected chi connectivity index (χ0v) is 12.5. The van der Waals surface area contributed by atoms with E-state index in [1.165, 1.54) is 11.3 Å². The van der Waals surface area contributed by atoms with Crippen molar-refractivity contribution in [2.45, 2.75) is 19.4 Å². The molecule has 0 radical (unpaired) electrons. The van der Waals surface area contributed by atoms with Crippen LogP contribution in [0, 0.1) is 11.8 Å². The SMILES string of the molecule is CC(NC(=O)c1sccc1C#CCCO)c1ccncc1. The van der Waals surface area contributed by atoms with Crippen molar-refractivity contribution >= 4 is 17.2 Å². The summed E-state index contributed by atoms with van der Waals surface area (Å²) in [6.07, 6.45) is 3.81. The number of rotatable bonds is 4. The predicted molar refractivity (Wildman–Crippen MR) is 83.0 cm³/mol. The fourth-order valence-corrected chi connectivity index (χ4v) is 2.55. The highest BCUT2D eigenvalue weighted by Gasteiger charge is 2.15. The van der Waals surface area contributed by atoms with Crippen LogP contribution in [-0.4, -0.2) is 22.6 Å². The summed E-state index contributed by atoms with van der Waals surface area (Å²) in [5.74, 6) is 5.62. The standard InChI is InChI=1S/C16H16N2O2S/c1-12(13-5-8-17-9-6-13)18-16(20)15-14(7-11-21-15)4-2-3-10-19/h5-9,11-12,19H,3,10H2,1H3,(H,18,20). The smallest absolute Gasteiger partial charge is 0.263 e. The summed E-state index contributed by atoms with van der Waals surface area (Å²) in [5.41, 5.74) is 1.70. The first-order chi connectivity index (χ1) is 10.2. The van der Waals surface area contributed by atoms with E-state index < -0.39 is 0 Å². The molecule has 0 fully saturated rings. The van der Waals surface area contributed by atoms with Gasteiger partial charge in [-0.25, -0.2) is 0 Å². The maximum Gasteiger partial charge on any atom is 0.263 e. The number of pyridine rings is 1. The van der Waals surface area contributed by atoms with Gasteiger partial charge in [0, 0.05) is 24.4 Å². The van der Waals surface area contributed by atoms with Crippen LogP contribution in [0.25, 0.3) is 0 Å². The Labute approximate surface area is 127 Å². The van der Waals surface area contributed by atoms with Gasteiger partial charge in [0.15, 0.2) is 0 Å². The summed E-state index contributed by atoms with van der Waals surface area (Å²) in [6, 6.07) is 5.48. The van der Waals surface area contributed by atoms with E-state index in [0.29, 0.717) is 16.9 Å². The summed E-state index contributed by atoms with van der Waals surface area (Å²) >= 11 is 1.36. The highest BCUT2D eigenvalue weighted by atomic mass is 32.1. The minimum Gasteiger partial charge on any atom is -0.395 e. The number of aromatic nitrogens is 1. The largest absolute Gasteiger partial charge is 0.395 e. The number of carbonyl (C=O) groups excluding carboxylic acids is 1. The minimum atomic E-state index is -0.136. The molecule has 21 heavy (non-hydrogen) atoms. The maximum atomic E-state index is 12.3. The van der Waals surface area contributed by atoms with E-state index in [9.17, 15) is 4.79 Å². The molecule has 4 nitrogen and oxygen atoms in total. The van der Waals surface area contributed by atoms with Gasteiger partial charge in [0.1, 0.15) is 4.88 Å². The first-order valence-corrected chi connectivity index (χ1v) is 7.48. The van der Waals surface area contributed by atoms with Crippen LogP contribution in [-0.2, 0) is 0 Å². The molecular formula is C16H16N2O2S. The summed E-state index contributed by atoms with van der Waals surface area (Å²) in [7, 11) is 0. The van der Waals surface area contributed by atoms with Gasteiger partial charge in [0.05, 0.1) is 12.6 Å². The average Bonchev–Trinajstić information content (AvgIpc) is 2.97. The van der Waals surface area contributed by atoms with Crippen LogP contribution < -0.4 is 5.32 Å². The Hall–Kier alpha value is -2.16. The van der Waals surface area contributed by atoms with Crippen LogP contribution in [0.1, 0.15) is 40.2 Å². The topological polar surface area (TPSA) is 62.2 Å². The molecule has 1 atom stereocenters. The van der Waals surface area contributed by atoms with E-state index >= 15 is 0 Å².